The SMILES string of the molecule is C=C/C(=C\N(C)C)c1cccc(C2=CC=C(/C(C=NC)=C/C)C(CCC3(CC(C)=O)CCCCC3)N2)c1.CC.CC.[HH].[HH]. The molecule has 1 aliphatic heterocycles. The molecule has 1 aliphatic carbocycles. The predicted octanol–water partition coefficient (Wildman–Crippen LogP) is 9.92. The molecule has 1 aromatic carbocycles. The lowest BCUT2D eigenvalue weighted by Gasteiger charge is -2.39. The van der Waals surface area contributed by atoms with E-state index < -0.39 is 0 Å². The van der Waals surface area contributed by atoms with E-state index in [1.807, 2.05) is 66.0 Å². The highest BCUT2D eigenvalue weighted by Crippen LogP contribution is 2.44. The molecule has 1 aromatic rings. The molecule has 1 atom stereocenters. The molecule has 2 aliphatic rings. The summed E-state index contributed by atoms with van der Waals surface area (Å²) in [5.41, 5.74) is 7.07. The van der Waals surface area contributed by atoms with E-state index in [4.69, 9.17) is 0 Å². The first-order valence-electron chi connectivity index (χ1n) is 15.7. The first kappa shape index (κ1) is 35.9. The predicted molar refractivity (Wildman–Crippen MR) is 186 cm³/mol. The average Bonchev–Trinajstić information content (AvgIpc) is 2.99. The molecule has 4 heteroatoms. The van der Waals surface area contributed by atoms with Crippen LogP contribution >= 0.6 is 0 Å². The summed E-state index contributed by atoms with van der Waals surface area (Å²) in [6, 6.07) is 8.80. The third-order valence-electron chi connectivity index (χ3n) is 7.67. The summed E-state index contributed by atoms with van der Waals surface area (Å²) in [6.45, 7) is 15.8. The summed E-state index contributed by atoms with van der Waals surface area (Å²) in [4.78, 5) is 18.6. The van der Waals surface area contributed by atoms with Crippen molar-refractivity contribution in [3.63, 3.8) is 0 Å². The van der Waals surface area contributed by atoms with Gasteiger partial charge in [-0.1, -0.05) is 90.0 Å². The zero-order chi connectivity index (χ0) is 30.8. The molecule has 0 aromatic heterocycles. The number of hydrogen-bond donors (Lipinski definition) is 1. The van der Waals surface area contributed by atoms with Crippen molar-refractivity contribution < 1.29 is 7.65 Å². The maximum atomic E-state index is 12.2. The summed E-state index contributed by atoms with van der Waals surface area (Å²) in [5, 5.41) is 3.88. The summed E-state index contributed by atoms with van der Waals surface area (Å²) >= 11 is 0. The molecule has 1 fully saturated rings. The molecule has 4 nitrogen and oxygen atoms in total. The van der Waals surface area contributed by atoms with Gasteiger partial charge in [-0.3, -0.25) is 4.99 Å². The zero-order valence-corrected chi connectivity index (χ0v) is 27.5. The molecule has 1 heterocycles. The van der Waals surface area contributed by atoms with Gasteiger partial charge in [-0.15, -0.1) is 0 Å². The number of ketones is 1. The number of hydrogen-bond acceptors (Lipinski definition) is 4. The Morgan fingerprint density at radius 2 is 1.80 bits per heavy atom. The van der Waals surface area contributed by atoms with Gasteiger partial charge in [0.15, 0.2) is 0 Å². The highest BCUT2D eigenvalue weighted by molar-refractivity contribution is 5.86. The van der Waals surface area contributed by atoms with E-state index in [9.17, 15) is 4.79 Å². The minimum absolute atomic E-state index is 0. The minimum atomic E-state index is 0. The van der Waals surface area contributed by atoms with Crippen LogP contribution in [0.4, 0.5) is 0 Å². The van der Waals surface area contributed by atoms with E-state index in [0.29, 0.717) is 12.2 Å². The van der Waals surface area contributed by atoms with Crippen LogP contribution in [-0.4, -0.2) is 44.1 Å². The van der Waals surface area contributed by atoms with Gasteiger partial charge >= 0.3 is 0 Å². The van der Waals surface area contributed by atoms with Crippen LogP contribution < -0.4 is 5.32 Å². The van der Waals surface area contributed by atoms with E-state index in [2.05, 4.69) is 72.5 Å². The van der Waals surface area contributed by atoms with Crippen LogP contribution in [0.5, 0.6) is 0 Å². The third kappa shape index (κ3) is 11.0. The summed E-state index contributed by atoms with van der Waals surface area (Å²) in [5.74, 6) is 0.322. The number of carbonyl (C=O) groups is 1. The van der Waals surface area contributed by atoms with Crippen molar-refractivity contribution in [2.45, 2.75) is 99.0 Å². The van der Waals surface area contributed by atoms with Gasteiger partial charge in [0.25, 0.3) is 0 Å². The first-order chi connectivity index (χ1) is 19.8. The fraction of sp³-hybridized carbons (Fsp3) is 0.514. The minimum Gasteiger partial charge on any atom is -0.383 e. The van der Waals surface area contributed by atoms with Crippen molar-refractivity contribution in [3.05, 3.63) is 83.6 Å². The lowest BCUT2D eigenvalue weighted by atomic mass is 9.67. The Bertz CT molecular complexity index is 1120. The largest absolute Gasteiger partial charge is 0.383 e. The van der Waals surface area contributed by atoms with E-state index in [1.54, 1.807) is 6.92 Å². The molecular weight excluding hydrogens is 502 g/mol. The lowest BCUT2D eigenvalue weighted by Crippen LogP contribution is -2.36. The Morgan fingerprint density at radius 1 is 1.12 bits per heavy atom. The number of nitrogens with one attached hydrogen (secondary N) is 1. The van der Waals surface area contributed by atoms with Crippen molar-refractivity contribution in [2.75, 3.05) is 21.1 Å². The number of nitrogens with zero attached hydrogens (tertiary/aromatic N) is 2. The normalized spacial score (nSPS) is 18.5. The van der Waals surface area contributed by atoms with Crippen molar-refractivity contribution in [1.29, 1.82) is 0 Å². The van der Waals surface area contributed by atoms with Gasteiger partial charge in [-0.25, -0.2) is 0 Å². The molecule has 1 N–H and O–H groups in total. The van der Waals surface area contributed by atoms with Crippen LogP contribution in [0.1, 0.15) is 107 Å². The standard InChI is InChI=1S/C33H45N3O.2C2H6.2H2/c1-7-26(23-34-4)30-15-16-31(29-14-12-13-28(21-29)27(8-2)24-36(5)6)35-32(30)17-20-33(22-25(3)37)18-10-9-11-19-33;2*1-2;;/h7-8,12-16,21,23-24,32,35H,2,9-11,17-20,22H2,1,3-6H3;2*1-2H3;2*1H/b26-7+,27-24+,34-23?;;;;. The second kappa shape index (κ2) is 19.1. The van der Waals surface area contributed by atoms with Gasteiger partial charge < -0.3 is 15.0 Å². The molecule has 0 saturated heterocycles. The van der Waals surface area contributed by atoms with Crippen LogP contribution in [0, 0.1) is 5.41 Å². The quantitative estimate of drug-likeness (QED) is 0.215. The highest BCUT2D eigenvalue weighted by atomic mass is 16.1. The van der Waals surface area contributed by atoms with Crippen molar-refractivity contribution in [2.24, 2.45) is 10.4 Å². The van der Waals surface area contributed by atoms with E-state index in [-0.39, 0.29) is 14.3 Å². The molecular formula is C37H61N3O. The number of aliphatic imine (C=N–C) groups is 1. The molecule has 1 saturated carbocycles. The molecule has 0 bridgehead atoms. The Hall–Kier alpha value is -3.14. The van der Waals surface area contributed by atoms with Gasteiger partial charge in [0.05, 0.1) is 6.04 Å². The van der Waals surface area contributed by atoms with E-state index in [0.717, 1.165) is 40.8 Å². The summed E-state index contributed by atoms with van der Waals surface area (Å²) < 4.78 is 0. The fourth-order valence-electron chi connectivity index (χ4n) is 5.95. The molecule has 3 rings (SSSR count). The second-order valence-electron chi connectivity index (χ2n) is 10.8. The number of rotatable bonds is 11. The van der Waals surface area contributed by atoms with Crippen LogP contribution in [0.25, 0.3) is 11.3 Å². The highest BCUT2D eigenvalue weighted by Gasteiger charge is 2.34. The van der Waals surface area contributed by atoms with Crippen molar-refractivity contribution >= 4 is 23.3 Å². The van der Waals surface area contributed by atoms with Gasteiger partial charge in [-0.2, -0.15) is 0 Å². The Labute approximate surface area is 255 Å². The van der Waals surface area contributed by atoms with Gasteiger partial charge in [-0.05, 0) is 84.9 Å². The summed E-state index contributed by atoms with van der Waals surface area (Å²) in [6.07, 6.45) is 21.4. The molecule has 0 spiro atoms. The van der Waals surface area contributed by atoms with Crippen LogP contribution in [0.15, 0.2) is 77.5 Å². The Kier molecular flexibility index (Phi) is 16.7. The van der Waals surface area contributed by atoms with Crippen molar-refractivity contribution in [1.82, 2.24) is 10.2 Å². The molecule has 0 radical (unpaired) electrons. The Balaban J connectivity index is 0. The topological polar surface area (TPSA) is 44.7 Å². The van der Waals surface area contributed by atoms with E-state index >= 15 is 0 Å². The fourth-order valence-corrected chi connectivity index (χ4v) is 5.95. The van der Waals surface area contributed by atoms with Gasteiger partial charge in [0.1, 0.15) is 5.78 Å². The first-order valence-corrected chi connectivity index (χ1v) is 15.7. The molecule has 0 amide bonds. The van der Waals surface area contributed by atoms with Gasteiger partial charge in [0, 0.05) is 48.5 Å². The molecule has 230 valence electrons. The van der Waals surface area contributed by atoms with Crippen molar-refractivity contribution in [3.8, 4) is 0 Å². The van der Waals surface area contributed by atoms with E-state index in [1.165, 1.54) is 37.7 Å². The van der Waals surface area contributed by atoms with Crippen LogP contribution in [0.3, 0.4) is 0 Å². The monoisotopic (exact) mass is 563 g/mol. The lowest BCUT2D eigenvalue weighted by molar-refractivity contribution is -0.120. The zero-order valence-electron chi connectivity index (χ0n) is 27.5. The number of carbonyl (C=O) groups excluding carboxylic acids is 1. The number of allylic oxidation sites excluding steroid dienone is 5. The van der Waals surface area contributed by atoms with Gasteiger partial charge in [0.2, 0.25) is 0 Å². The number of benzene rings is 1. The summed E-state index contributed by atoms with van der Waals surface area (Å²) in [7, 11) is 5.88. The van der Waals surface area contributed by atoms with Crippen LogP contribution in [-0.2, 0) is 4.79 Å². The third-order valence-corrected chi connectivity index (χ3v) is 7.67. The maximum absolute atomic E-state index is 12.2. The molecule has 41 heavy (non-hydrogen) atoms. The molecule has 1 unspecified atom stereocenters. The Morgan fingerprint density at radius 3 is 2.37 bits per heavy atom. The number of dihydropyridines is 1. The van der Waals surface area contributed by atoms with Crippen LogP contribution in [0.2, 0.25) is 0 Å². The maximum Gasteiger partial charge on any atom is 0.130 e. The number of Topliss-reactive ketones (excluding diaryl/α,β-unsaturated/α-hetero) is 1. The smallest absolute Gasteiger partial charge is 0.130 e. The second-order valence-corrected chi connectivity index (χ2v) is 10.8. The average molecular weight is 564 g/mol.